The summed E-state index contributed by atoms with van der Waals surface area (Å²) in [6, 6.07) is 1.63. The van der Waals surface area contributed by atoms with Gasteiger partial charge in [-0.05, 0) is 18.1 Å². The summed E-state index contributed by atoms with van der Waals surface area (Å²) in [5.74, 6) is 0. The van der Waals surface area contributed by atoms with Crippen LogP contribution in [0.25, 0.3) is 0 Å². The smallest absolute Gasteiger partial charge is 0.315 e. The van der Waals surface area contributed by atoms with Gasteiger partial charge in [0.25, 0.3) is 0 Å². The fraction of sp³-hybridized carbons (Fsp3) is 0.333. The molecule has 0 unspecified atom stereocenters. The Morgan fingerprint density at radius 3 is 3.00 bits per heavy atom. The molecule has 18 heavy (non-hydrogen) atoms. The van der Waals surface area contributed by atoms with Crippen LogP contribution in [0.3, 0.4) is 0 Å². The molecule has 0 radical (unpaired) electrons. The average molecular weight is 248 g/mol. The normalized spacial score (nSPS) is 10.3. The van der Waals surface area contributed by atoms with Gasteiger partial charge in [-0.1, -0.05) is 0 Å². The molecule has 2 N–H and O–H groups in total. The Morgan fingerprint density at radius 2 is 2.33 bits per heavy atom. The summed E-state index contributed by atoms with van der Waals surface area (Å²) in [6.07, 6.45) is 7.69. The van der Waals surface area contributed by atoms with Gasteiger partial charge in [0.15, 0.2) is 0 Å². The number of carbonyl (C=O) groups is 1. The van der Waals surface area contributed by atoms with Crippen LogP contribution in [-0.2, 0) is 20.0 Å². The molecule has 2 amide bonds. The first-order chi connectivity index (χ1) is 8.74. The first-order valence-corrected chi connectivity index (χ1v) is 5.74. The number of hydrogen-bond donors (Lipinski definition) is 2. The first kappa shape index (κ1) is 12.2. The third kappa shape index (κ3) is 3.65. The number of carbonyl (C=O) groups excluding carboxylic acids is 1. The summed E-state index contributed by atoms with van der Waals surface area (Å²) in [5.41, 5.74) is 2.05. The van der Waals surface area contributed by atoms with E-state index in [1.165, 1.54) is 0 Å². The topological polar surface area (TPSA) is 72.1 Å². The number of nitrogens with one attached hydrogen (secondary N) is 2. The predicted octanol–water partition coefficient (Wildman–Crippen LogP) is 1.05. The fourth-order valence-electron chi connectivity index (χ4n) is 1.56. The van der Waals surface area contributed by atoms with Crippen LogP contribution < -0.4 is 10.6 Å². The number of nitrogens with zero attached hydrogens (tertiary/aromatic N) is 2. The van der Waals surface area contributed by atoms with E-state index in [0.717, 1.165) is 17.5 Å². The molecule has 2 heterocycles. The molecule has 0 fully saturated rings. The number of aryl methyl sites for hydroxylation is 1. The van der Waals surface area contributed by atoms with Crippen LogP contribution in [0, 0.1) is 0 Å². The van der Waals surface area contributed by atoms with E-state index in [4.69, 9.17) is 4.42 Å². The van der Waals surface area contributed by atoms with Crippen molar-refractivity contribution in [3.63, 3.8) is 0 Å². The van der Waals surface area contributed by atoms with Crippen molar-refractivity contribution in [1.29, 1.82) is 0 Å². The van der Waals surface area contributed by atoms with Gasteiger partial charge in [0.05, 0.1) is 18.7 Å². The SMILES string of the molecule is Cn1cc(CCNC(=O)NCc2ccoc2)cn1. The lowest BCUT2D eigenvalue weighted by Crippen LogP contribution is -2.36. The van der Waals surface area contributed by atoms with Crippen LogP contribution in [0.4, 0.5) is 4.79 Å². The van der Waals surface area contributed by atoms with E-state index in [1.807, 2.05) is 19.3 Å². The molecule has 6 heteroatoms. The van der Waals surface area contributed by atoms with Gasteiger partial charge in [-0.3, -0.25) is 4.68 Å². The third-order valence-electron chi connectivity index (χ3n) is 2.49. The highest BCUT2D eigenvalue weighted by molar-refractivity contribution is 5.73. The number of furan rings is 1. The highest BCUT2D eigenvalue weighted by atomic mass is 16.3. The zero-order valence-electron chi connectivity index (χ0n) is 10.2. The van der Waals surface area contributed by atoms with Crippen molar-refractivity contribution < 1.29 is 9.21 Å². The quantitative estimate of drug-likeness (QED) is 0.831. The van der Waals surface area contributed by atoms with Crippen molar-refractivity contribution in [3.8, 4) is 0 Å². The highest BCUT2D eigenvalue weighted by Crippen LogP contribution is 1.98. The molecule has 0 aliphatic carbocycles. The minimum absolute atomic E-state index is 0.180. The molecular formula is C12H16N4O2. The highest BCUT2D eigenvalue weighted by Gasteiger charge is 2.01. The van der Waals surface area contributed by atoms with Gasteiger partial charge in [0, 0.05) is 31.9 Å². The number of amides is 2. The molecule has 0 spiro atoms. The predicted molar refractivity (Wildman–Crippen MR) is 65.9 cm³/mol. The average Bonchev–Trinajstić information content (AvgIpc) is 2.98. The second kappa shape index (κ2) is 5.90. The second-order valence-corrected chi connectivity index (χ2v) is 4.01. The van der Waals surface area contributed by atoms with E-state index < -0.39 is 0 Å². The summed E-state index contributed by atoms with van der Waals surface area (Å²) in [4.78, 5) is 11.5. The van der Waals surface area contributed by atoms with Crippen LogP contribution in [0.5, 0.6) is 0 Å². The molecule has 2 aromatic heterocycles. The Hall–Kier alpha value is -2.24. The Bertz CT molecular complexity index is 490. The zero-order valence-corrected chi connectivity index (χ0v) is 10.2. The monoisotopic (exact) mass is 248 g/mol. The van der Waals surface area contributed by atoms with Gasteiger partial charge in [-0.25, -0.2) is 4.79 Å². The second-order valence-electron chi connectivity index (χ2n) is 4.01. The molecule has 6 nitrogen and oxygen atoms in total. The molecule has 0 saturated heterocycles. The maximum atomic E-state index is 11.5. The van der Waals surface area contributed by atoms with Gasteiger partial charge in [-0.2, -0.15) is 5.10 Å². The van der Waals surface area contributed by atoms with E-state index in [0.29, 0.717) is 13.1 Å². The summed E-state index contributed by atoms with van der Waals surface area (Å²) >= 11 is 0. The van der Waals surface area contributed by atoms with E-state index in [2.05, 4.69) is 15.7 Å². The van der Waals surface area contributed by atoms with Crippen molar-refractivity contribution in [3.05, 3.63) is 42.1 Å². The number of hydrogen-bond acceptors (Lipinski definition) is 3. The molecule has 0 aromatic carbocycles. The Labute approximate surface area is 105 Å². The molecule has 0 saturated carbocycles. The van der Waals surface area contributed by atoms with Gasteiger partial charge >= 0.3 is 6.03 Å². The number of aromatic nitrogens is 2. The van der Waals surface area contributed by atoms with Crippen molar-refractivity contribution in [2.45, 2.75) is 13.0 Å². The van der Waals surface area contributed by atoms with Crippen LogP contribution in [-0.4, -0.2) is 22.4 Å². The number of rotatable bonds is 5. The summed E-state index contributed by atoms with van der Waals surface area (Å²) in [6.45, 7) is 1.05. The fourth-order valence-corrected chi connectivity index (χ4v) is 1.56. The molecular weight excluding hydrogens is 232 g/mol. The Kier molecular flexibility index (Phi) is 4.01. The standard InChI is InChI=1S/C12H16N4O2/c1-16-8-10(7-15-16)2-4-13-12(17)14-6-11-3-5-18-9-11/h3,5,7-9H,2,4,6H2,1H3,(H2,13,14,17). The van der Waals surface area contributed by atoms with Crippen LogP contribution in [0.1, 0.15) is 11.1 Å². The Balaban J connectivity index is 1.63. The summed E-state index contributed by atoms with van der Waals surface area (Å²) in [7, 11) is 1.87. The van der Waals surface area contributed by atoms with Crippen LogP contribution in [0.15, 0.2) is 35.4 Å². The maximum Gasteiger partial charge on any atom is 0.315 e. The maximum absolute atomic E-state index is 11.5. The minimum Gasteiger partial charge on any atom is -0.472 e. The lowest BCUT2D eigenvalue weighted by molar-refractivity contribution is 0.240. The molecule has 2 rings (SSSR count). The first-order valence-electron chi connectivity index (χ1n) is 5.74. The van der Waals surface area contributed by atoms with Gasteiger partial charge in [0.1, 0.15) is 0 Å². The van der Waals surface area contributed by atoms with Gasteiger partial charge < -0.3 is 15.1 Å². The third-order valence-corrected chi connectivity index (χ3v) is 2.49. The molecule has 2 aromatic rings. The van der Waals surface area contributed by atoms with Crippen LogP contribution in [0.2, 0.25) is 0 Å². The van der Waals surface area contributed by atoms with E-state index in [-0.39, 0.29) is 6.03 Å². The molecule has 0 aliphatic heterocycles. The molecule has 0 aliphatic rings. The zero-order chi connectivity index (χ0) is 12.8. The van der Waals surface area contributed by atoms with Crippen LogP contribution >= 0.6 is 0 Å². The molecule has 0 atom stereocenters. The summed E-state index contributed by atoms with van der Waals surface area (Å²) in [5, 5.41) is 9.59. The molecule has 96 valence electrons. The lowest BCUT2D eigenvalue weighted by Gasteiger charge is -2.05. The Morgan fingerprint density at radius 1 is 1.44 bits per heavy atom. The van der Waals surface area contributed by atoms with Crippen molar-refractivity contribution in [2.24, 2.45) is 7.05 Å². The largest absolute Gasteiger partial charge is 0.472 e. The van der Waals surface area contributed by atoms with Crippen molar-refractivity contribution in [1.82, 2.24) is 20.4 Å². The van der Waals surface area contributed by atoms with E-state index >= 15 is 0 Å². The minimum atomic E-state index is -0.180. The van der Waals surface area contributed by atoms with E-state index in [9.17, 15) is 4.79 Å². The number of urea groups is 1. The van der Waals surface area contributed by atoms with Crippen molar-refractivity contribution >= 4 is 6.03 Å². The van der Waals surface area contributed by atoms with Gasteiger partial charge in [0.2, 0.25) is 0 Å². The lowest BCUT2D eigenvalue weighted by atomic mass is 10.2. The van der Waals surface area contributed by atoms with Crippen molar-refractivity contribution in [2.75, 3.05) is 6.54 Å². The molecule has 0 bridgehead atoms. The van der Waals surface area contributed by atoms with E-state index in [1.54, 1.807) is 23.4 Å². The summed E-state index contributed by atoms with van der Waals surface area (Å²) < 4.78 is 6.65. The van der Waals surface area contributed by atoms with Gasteiger partial charge in [-0.15, -0.1) is 0 Å².